The molecule has 1 saturated heterocycles. The molecule has 2 saturated carbocycles. The third-order valence-corrected chi connectivity index (χ3v) is 7.97. The highest BCUT2D eigenvalue weighted by Crippen LogP contribution is 2.60. The maximum Gasteiger partial charge on any atom is 0.157 e. The largest absolute Gasteiger partial charge is 0.396 e. The maximum atomic E-state index is 10.0. The molecule has 24 heavy (non-hydrogen) atoms. The molecule has 3 nitrogen and oxygen atoms in total. The molecule has 0 aromatic rings. The molecule has 3 aliphatic rings. The lowest BCUT2D eigenvalue weighted by atomic mass is 9.48. The molecule has 2 aliphatic carbocycles. The molecular weight excluding hydrogens is 300 g/mol. The summed E-state index contributed by atoms with van der Waals surface area (Å²) in [6.45, 7) is 9.31. The summed E-state index contributed by atoms with van der Waals surface area (Å²) in [5.41, 5.74) is 0.478. The van der Waals surface area contributed by atoms with E-state index in [9.17, 15) is 5.11 Å². The molecule has 3 rings (SSSR count). The molecule has 0 aromatic carbocycles. The minimum Gasteiger partial charge on any atom is -0.396 e. The quantitative estimate of drug-likeness (QED) is 0.784. The fraction of sp³-hybridized carbons (Fsp3) is 1.00. The third kappa shape index (κ3) is 3.54. The molecule has 2 unspecified atom stereocenters. The summed E-state index contributed by atoms with van der Waals surface area (Å²) in [5, 5.41) is 10.0. The molecule has 3 heteroatoms. The summed E-state index contributed by atoms with van der Waals surface area (Å²) in [5.74, 6) is 2.17. The van der Waals surface area contributed by atoms with Crippen LogP contribution in [0.15, 0.2) is 0 Å². The second-order valence-corrected chi connectivity index (χ2v) is 9.32. The van der Waals surface area contributed by atoms with Crippen LogP contribution in [0.5, 0.6) is 0 Å². The van der Waals surface area contributed by atoms with Crippen molar-refractivity contribution < 1.29 is 14.6 Å². The van der Waals surface area contributed by atoms with Crippen molar-refractivity contribution in [3.63, 3.8) is 0 Å². The number of fused-ring (bicyclic) bond motifs is 1. The molecule has 3 fully saturated rings. The number of hydrogen-bond donors (Lipinski definition) is 1. The Kier molecular flexibility index (Phi) is 5.94. The van der Waals surface area contributed by atoms with E-state index < -0.39 is 0 Å². The summed E-state index contributed by atoms with van der Waals surface area (Å²) in [7, 11) is 0. The van der Waals surface area contributed by atoms with E-state index in [0.717, 1.165) is 37.9 Å². The fourth-order valence-corrected chi connectivity index (χ4v) is 5.94. The SMILES string of the molecule is C[C@@H]1CCC2[C@@H](CCC[C@@]2(C)CO)[C@]1(C)CCOC1CCCCO1. The molecule has 0 bridgehead atoms. The normalized spacial score (nSPS) is 46.5. The van der Waals surface area contributed by atoms with Gasteiger partial charge in [0.1, 0.15) is 0 Å². The lowest BCUT2D eigenvalue weighted by Crippen LogP contribution is -2.51. The van der Waals surface area contributed by atoms with Crippen LogP contribution >= 0.6 is 0 Å². The number of ether oxygens (including phenoxy) is 2. The smallest absolute Gasteiger partial charge is 0.157 e. The van der Waals surface area contributed by atoms with Gasteiger partial charge >= 0.3 is 0 Å². The molecule has 140 valence electrons. The molecule has 0 radical (unpaired) electrons. The number of aliphatic hydroxyl groups excluding tert-OH is 1. The van der Waals surface area contributed by atoms with Crippen LogP contribution in [-0.4, -0.2) is 31.2 Å². The molecule has 0 amide bonds. The van der Waals surface area contributed by atoms with Crippen molar-refractivity contribution in [2.45, 2.75) is 84.8 Å². The van der Waals surface area contributed by atoms with Crippen molar-refractivity contribution in [2.24, 2.45) is 28.6 Å². The second kappa shape index (κ2) is 7.63. The Balaban J connectivity index is 1.64. The van der Waals surface area contributed by atoms with Gasteiger partial charge in [0.05, 0.1) is 6.61 Å². The summed E-state index contributed by atoms with van der Waals surface area (Å²) >= 11 is 0. The monoisotopic (exact) mass is 338 g/mol. The minimum atomic E-state index is 0.0334. The zero-order valence-electron chi connectivity index (χ0n) is 16.1. The fourth-order valence-electron chi connectivity index (χ4n) is 5.94. The standard InChI is InChI=1S/C21H38O3/c1-16-9-10-17-18(7-6-11-20(17,2)15-22)21(16,3)12-14-24-19-8-4-5-13-23-19/h16-19,22H,4-15H2,1-3H3/t16-,17?,18-,19?,20+,21-/m1/s1. The second-order valence-electron chi connectivity index (χ2n) is 9.32. The molecule has 6 atom stereocenters. The predicted octanol–water partition coefficient (Wildman–Crippen LogP) is 4.77. The van der Waals surface area contributed by atoms with Crippen LogP contribution in [0.4, 0.5) is 0 Å². The third-order valence-electron chi connectivity index (χ3n) is 7.97. The van der Waals surface area contributed by atoms with E-state index in [4.69, 9.17) is 9.47 Å². The van der Waals surface area contributed by atoms with E-state index in [1.807, 2.05) is 0 Å². The Labute approximate surface area is 148 Å². The zero-order valence-corrected chi connectivity index (χ0v) is 16.1. The van der Waals surface area contributed by atoms with E-state index in [-0.39, 0.29) is 11.7 Å². The van der Waals surface area contributed by atoms with Gasteiger partial charge in [-0.05, 0) is 80.0 Å². The Morgan fingerprint density at radius 1 is 1.04 bits per heavy atom. The molecule has 1 aliphatic heterocycles. The van der Waals surface area contributed by atoms with Gasteiger partial charge in [0.2, 0.25) is 0 Å². The summed E-state index contributed by atoms with van der Waals surface area (Å²) in [6, 6.07) is 0. The average Bonchev–Trinajstić information content (AvgIpc) is 2.60. The van der Waals surface area contributed by atoms with Crippen molar-refractivity contribution in [1.29, 1.82) is 0 Å². The van der Waals surface area contributed by atoms with Crippen molar-refractivity contribution in [3.8, 4) is 0 Å². The Hall–Kier alpha value is -0.120. The van der Waals surface area contributed by atoms with Crippen LogP contribution in [0.25, 0.3) is 0 Å². The first-order valence-corrected chi connectivity index (χ1v) is 10.3. The summed E-state index contributed by atoms with van der Waals surface area (Å²) in [6.07, 6.45) is 11.0. The Morgan fingerprint density at radius 2 is 1.88 bits per heavy atom. The minimum absolute atomic E-state index is 0.0334. The summed E-state index contributed by atoms with van der Waals surface area (Å²) in [4.78, 5) is 0. The highest BCUT2D eigenvalue weighted by Gasteiger charge is 2.53. The van der Waals surface area contributed by atoms with Crippen LogP contribution in [0.2, 0.25) is 0 Å². The van der Waals surface area contributed by atoms with Gasteiger partial charge in [0.15, 0.2) is 6.29 Å². The first-order chi connectivity index (χ1) is 11.5. The van der Waals surface area contributed by atoms with Gasteiger partial charge in [0, 0.05) is 13.2 Å². The Morgan fingerprint density at radius 3 is 2.58 bits per heavy atom. The van der Waals surface area contributed by atoms with Crippen molar-refractivity contribution >= 4 is 0 Å². The number of aliphatic hydroxyl groups is 1. The highest BCUT2D eigenvalue weighted by molar-refractivity contribution is 5.02. The van der Waals surface area contributed by atoms with Crippen molar-refractivity contribution in [2.75, 3.05) is 19.8 Å². The highest BCUT2D eigenvalue weighted by atomic mass is 16.7. The van der Waals surface area contributed by atoms with Crippen molar-refractivity contribution in [3.05, 3.63) is 0 Å². The number of hydrogen-bond acceptors (Lipinski definition) is 3. The molecule has 1 heterocycles. The van der Waals surface area contributed by atoms with Crippen LogP contribution in [0, 0.1) is 28.6 Å². The van der Waals surface area contributed by atoms with Gasteiger partial charge in [0.25, 0.3) is 0 Å². The van der Waals surface area contributed by atoms with Gasteiger partial charge in [-0.2, -0.15) is 0 Å². The predicted molar refractivity (Wildman–Crippen MR) is 96.7 cm³/mol. The van der Waals surface area contributed by atoms with Crippen LogP contribution in [0.3, 0.4) is 0 Å². The lowest BCUT2D eigenvalue weighted by molar-refractivity contribution is -0.175. The van der Waals surface area contributed by atoms with E-state index in [0.29, 0.717) is 17.9 Å². The molecular formula is C21H38O3. The molecule has 0 spiro atoms. The van der Waals surface area contributed by atoms with E-state index >= 15 is 0 Å². The first-order valence-electron chi connectivity index (χ1n) is 10.3. The van der Waals surface area contributed by atoms with E-state index in [1.165, 1.54) is 44.9 Å². The molecule has 1 N–H and O–H groups in total. The van der Waals surface area contributed by atoms with Crippen LogP contribution < -0.4 is 0 Å². The molecule has 0 aromatic heterocycles. The maximum absolute atomic E-state index is 10.0. The van der Waals surface area contributed by atoms with Gasteiger partial charge in [-0.25, -0.2) is 0 Å². The Bertz CT molecular complexity index is 406. The zero-order chi connectivity index (χ0) is 17.2. The first kappa shape index (κ1) is 18.7. The lowest BCUT2D eigenvalue weighted by Gasteiger charge is -2.58. The van der Waals surface area contributed by atoms with Gasteiger partial charge < -0.3 is 14.6 Å². The number of rotatable bonds is 5. The van der Waals surface area contributed by atoms with Gasteiger partial charge in [-0.1, -0.05) is 27.2 Å². The van der Waals surface area contributed by atoms with Crippen LogP contribution in [0.1, 0.15) is 78.6 Å². The summed E-state index contributed by atoms with van der Waals surface area (Å²) < 4.78 is 11.8. The van der Waals surface area contributed by atoms with Crippen molar-refractivity contribution in [1.82, 2.24) is 0 Å². The van der Waals surface area contributed by atoms with Gasteiger partial charge in [-0.15, -0.1) is 0 Å². The topological polar surface area (TPSA) is 38.7 Å². The van der Waals surface area contributed by atoms with E-state index in [1.54, 1.807) is 0 Å². The van der Waals surface area contributed by atoms with E-state index in [2.05, 4.69) is 20.8 Å². The van der Waals surface area contributed by atoms with Gasteiger partial charge in [-0.3, -0.25) is 0 Å². The van der Waals surface area contributed by atoms with Crippen LogP contribution in [-0.2, 0) is 9.47 Å². The average molecular weight is 339 g/mol.